The van der Waals surface area contributed by atoms with Crippen LogP contribution in [0.1, 0.15) is 33.6 Å². The molecule has 0 rings (SSSR count). The Hall–Kier alpha value is -0.460. The first-order valence-corrected chi connectivity index (χ1v) is 6.40. The molecule has 3 heteroatoms. The van der Waals surface area contributed by atoms with Crippen molar-refractivity contribution in [3.8, 4) is 0 Å². The minimum atomic E-state index is 0.152. The fourth-order valence-electron chi connectivity index (χ4n) is 1.21. The van der Waals surface area contributed by atoms with Crippen molar-refractivity contribution in [3.63, 3.8) is 0 Å². The molecule has 0 aromatic carbocycles. The summed E-state index contributed by atoms with van der Waals surface area (Å²) in [5.41, 5.74) is 1.62. The van der Waals surface area contributed by atoms with Gasteiger partial charge in [-0.3, -0.25) is 4.79 Å². The van der Waals surface area contributed by atoms with Crippen LogP contribution in [-0.4, -0.2) is 24.7 Å². The summed E-state index contributed by atoms with van der Waals surface area (Å²) in [6.07, 6.45) is 7.74. The third kappa shape index (κ3) is 10.1. The molecule has 16 heavy (non-hydrogen) atoms. The van der Waals surface area contributed by atoms with Crippen molar-refractivity contribution in [3.05, 3.63) is 23.8 Å². The first-order chi connectivity index (χ1) is 7.56. The summed E-state index contributed by atoms with van der Waals surface area (Å²) in [4.78, 5) is 11.4. The Morgan fingerprint density at radius 2 is 2.19 bits per heavy atom. The lowest BCUT2D eigenvalue weighted by atomic mass is 10.1. The van der Waals surface area contributed by atoms with Crippen LogP contribution in [0.2, 0.25) is 0 Å². The van der Waals surface area contributed by atoms with Gasteiger partial charge in [-0.05, 0) is 25.9 Å². The number of carbonyl (C=O) groups is 1. The van der Waals surface area contributed by atoms with E-state index in [4.69, 9.17) is 4.74 Å². The fourth-order valence-corrected chi connectivity index (χ4v) is 1.37. The lowest BCUT2D eigenvalue weighted by Crippen LogP contribution is -2.08. The molecule has 0 aromatic rings. The van der Waals surface area contributed by atoms with Gasteiger partial charge in [-0.1, -0.05) is 30.7 Å². The van der Waals surface area contributed by atoms with Crippen LogP contribution >= 0.6 is 9.24 Å². The molecule has 0 radical (unpaired) electrons. The van der Waals surface area contributed by atoms with Crippen LogP contribution < -0.4 is 0 Å². The molecule has 0 saturated heterocycles. The molecule has 0 fully saturated rings. The molecular formula is C13H23O2P. The molecule has 2 unspecified atom stereocenters. The van der Waals surface area contributed by atoms with Gasteiger partial charge in [-0.2, -0.15) is 0 Å². The van der Waals surface area contributed by atoms with Gasteiger partial charge in [-0.25, -0.2) is 0 Å². The Morgan fingerprint density at radius 1 is 1.50 bits per heavy atom. The highest BCUT2D eigenvalue weighted by Crippen LogP contribution is 2.05. The summed E-state index contributed by atoms with van der Waals surface area (Å²) >= 11 is 0. The molecule has 0 amide bonds. The quantitative estimate of drug-likeness (QED) is 0.483. The molecule has 0 aliphatic rings. The van der Waals surface area contributed by atoms with Crippen molar-refractivity contribution < 1.29 is 9.53 Å². The molecule has 0 aromatic heterocycles. The van der Waals surface area contributed by atoms with Crippen molar-refractivity contribution in [2.75, 3.05) is 13.2 Å². The zero-order valence-electron chi connectivity index (χ0n) is 10.5. The summed E-state index contributed by atoms with van der Waals surface area (Å²) in [5, 5.41) is 0. The van der Waals surface area contributed by atoms with E-state index in [1.165, 1.54) is 0 Å². The van der Waals surface area contributed by atoms with Gasteiger partial charge in [0.15, 0.2) is 5.78 Å². The summed E-state index contributed by atoms with van der Waals surface area (Å²) < 4.78 is 5.06. The highest BCUT2D eigenvalue weighted by atomic mass is 31.0. The van der Waals surface area contributed by atoms with Crippen LogP contribution in [0.3, 0.4) is 0 Å². The SMILES string of the molecule is CCOCC(=O)C/C(C)=C/C/C=C\C(C)P. The molecule has 2 atom stereocenters. The van der Waals surface area contributed by atoms with Crippen LogP contribution in [0.4, 0.5) is 0 Å². The Bertz CT molecular complexity index is 255. The minimum absolute atomic E-state index is 0.152. The highest BCUT2D eigenvalue weighted by molar-refractivity contribution is 7.17. The van der Waals surface area contributed by atoms with E-state index in [2.05, 4.69) is 34.4 Å². The van der Waals surface area contributed by atoms with Crippen molar-refractivity contribution in [2.24, 2.45) is 0 Å². The standard InChI is InChI=1S/C13H23O2P/c1-4-15-10-13(14)9-11(2)7-5-6-8-12(3)16/h6-8,12H,4-5,9-10,16H2,1-3H3/b8-6-,11-7+. The predicted octanol–water partition coefficient (Wildman–Crippen LogP) is 3.14. The number of hydrogen-bond acceptors (Lipinski definition) is 2. The topological polar surface area (TPSA) is 26.3 Å². The Balaban J connectivity index is 3.82. The Morgan fingerprint density at radius 3 is 2.75 bits per heavy atom. The third-order valence-electron chi connectivity index (χ3n) is 1.99. The van der Waals surface area contributed by atoms with Gasteiger partial charge in [0.25, 0.3) is 0 Å². The maximum atomic E-state index is 11.4. The van der Waals surface area contributed by atoms with Crippen molar-refractivity contribution >= 4 is 15.0 Å². The van der Waals surface area contributed by atoms with Gasteiger partial charge >= 0.3 is 0 Å². The summed E-state index contributed by atoms with van der Waals surface area (Å²) in [7, 11) is 2.72. The highest BCUT2D eigenvalue weighted by Gasteiger charge is 2.01. The number of hydrogen-bond donors (Lipinski definition) is 0. The van der Waals surface area contributed by atoms with E-state index >= 15 is 0 Å². The van der Waals surface area contributed by atoms with Crippen LogP contribution in [0, 0.1) is 0 Å². The fraction of sp³-hybridized carbons (Fsp3) is 0.615. The molecule has 92 valence electrons. The Labute approximate surface area is 101 Å². The van der Waals surface area contributed by atoms with Gasteiger partial charge < -0.3 is 4.74 Å². The number of rotatable bonds is 8. The zero-order valence-corrected chi connectivity index (χ0v) is 11.7. The maximum Gasteiger partial charge on any atom is 0.162 e. The number of allylic oxidation sites excluding steroid dienone is 4. The van der Waals surface area contributed by atoms with Gasteiger partial charge in [0.2, 0.25) is 0 Å². The summed E-state index contributed by atoms with van der Waals surface area (Å²) in [6, 6.07) is 0. The molecule has 0 aliphatic heterocycles. The largest absolute Gasteiger partial charge is 0.374 e. The lowest BCUT2D eigenvalue weighted by molar-refractivity contribution is -0.122. The number of ether oxygens (including phenoxy) is 1. The number of ketones is 1. The van der Waals surface area contributed by atoms with Crippen LogP contribution in [0.5, 0.6) is 0 Å². The van der Waals surface area contributed by atoms with Gasteiger partial charge in [-0.15, -0.1) is 9.24 Å². The minimum Gasteiger partial charge on any atom is -0.374 e. The average molecular weight is 242 g/mol. The van der Waals surface area contributed by atoms with Crippen molar-refractivity contribution in [1.82, 2.24) is 0 Å². The third-order valence-corrected chi connectivity index (χ3v) is 2.21. The lowest BCUT2D eigenvalue weighted by Gasteiger charge is -2.01. The van der Waals surface area contributed by atoms with Gasteiger partial charge in [0.1, 0.15) is 6.61 Å². The molecule has 0 aliphatic carbocycles. The summed E-state index contributed by atoms with van der Waals surface area (Å²) in [6.45, 7) is 6.83. The smallest absolute Gasteiger partial charge is 0.162 e. The van der Waals surface area contributed by atoms with E-state index < -0.39 is 0 Å². The van der Waals surface area contributed by atoms with Crippen LogP contribution in [0.25, 0.3) is 0 Å². The number of carbonyl (C=O) groups excluding carboxylic acids is 1. The normalized spacial score (nSPS) is 14.4. The molecule has 2 nitrogen and oxygen atoms in total. The maximum absolute atomic E-state index is 11.4. The Kier molecular flexibility index (Phi) is 9.46. The van der Waals surface area contributed by atoms with Crippen LogP contribution in [-0.2, 0) is 9.53 Å². The number of Topliss-reactive ketones (excluding diaryl/α,β-unsaturated/α-hetero) is 1. The summed E-state index contributed by atoms with van der Waals surface area (Å²) in [5.74, 6) is 0.152. The average Bonchev–Trinajstić information content (AvgIpc) is 2.21. The zero-order chi connectivity index (χ0) is 12.4. The second-order valence-corrected chi connectivity index (χ2v) is 4.98. The van der Waals surface area contributed by atoms with E-state index in [1.54, 1.807) is 0 Å². The van der Waals surface area contributed by atoms with E-state index in [0.29, 0.717) is 18.7 Å². The van der Waals surface area contributed by atoms with E-state index in [1.807, 2.05) is 13.8 Å². The van der Waals surface area contributed by atoms with Gasteiger partial charge in [0.05, 0.1) is 0 Å². The molecule has 0 saturated carbocycles. The van der Waals surface area contributed by atoms with E-state index in [0.717, 1.165) is 12.0 Å². The van der Waals surface area contributed by atoms with E-state index in [9.17, 15) is 4.79 Å². The van der Waals surface area contributed by atoms with Gasteiger partial charge in [0, 0.05) is 13.0 Å². The van der Waals surface area contributed by atoms with Crippen LogP contribution in [0.15, 0.2) is 23.8 Å². The molecule has 0 heterocycles. The monoisotopic (exact) mass is 242 g/mol. The molecule has 0 N–H and O–H groups in total. The first-order valence-electron chi connectivity index (χ1n) is 5.73. The molecule has 0 bridgehead atoms. The molecular weight excluding hydrogens is 219 g/mol. The second-order valence-electron chi connectivity index (χ2n) is 3.93. The predicted molar refractivity (Wildman–Crippen MR) is 72.8 cm³/mol. The van der Waals surface area contributed by atoms with E-state index in [-0.39, 0.29) is 12.4 Å². The molecule has 0 spiro atoms. The van der Waals surface area contributed by atoms with Crippen molar-refractivity contribution in [1.29, 1.82) is 0 Å². The first kappa shape index (κ1) is 15.5. The second kappa shape index (κ2) is 9.74. The van der Waals surface area contributed by atoms with Crippen molar-refractivity contribution in [2.45, 2.75) is 39.3 Å².